The van der Waals surface area contributed by atoms with Gasteiger partial charge >= 0.3 is 5.97 Å². The zero-order valence-corrected chi connectivity index (χ0v) is 13.4. The molecule has 1 amide bonds. The van der Waals surface area contributed by atoms with Crippen LogP contribution in [-0.4, -0.2) is 41.5 Å². The van der Waals surface area contributed by atoms with E-state index in [0.717, 1.165) is 0 Å². The first-order chi connectivity index (χ1) is 10.7. The van der Waals surface area contributed by atoms with Gasteiger partial charge < -0.3 is 15.3 Å². The molecule has 0 saturated carbocycles. The smallest absolute Gasteiger partial charge is 0.326 e. The van der Waals surface area contributed by atoms with E-state index in [9.17, 15) is 19.7 Å². The SMILES string of the molecule is CC(C)C[C@H](NC(=O)CN(C)c1ccccc1[N+](=O)[O-])C(=O)O. The first kappa shape index (κ1) is 18.4. The van der Waals surface area contributed by atoms with E-state index >= 15 is 0 Å². The van der Waals surface area contributed by atoms with Gasteiger partial charge in [-0.2, -0.15) is 0 Å². The predicted octanol–water partition coefficient (Wildman–Crippen LogP) is 1.65. The van der Waals surface area contributed by atoms with Gasteiger partial charge in [-0.3, -0.25) is 14.9 Å². The standard InChI is InChI=1S/C15H21N3O5/c1-10(2)8-11(15(20)21)16-14(19)9-17(3)12-6-4-5-7-13(12)18(22)23/h4-7,10-11H,8-9H2,1-3H3,(H,16,19)(H,20,21)/t11-/m0/s1. The molecule has 0 heterocycles. The highest BCUT2D eigenvalue weighted by Crippen LogP contribution is 2.26. The maximum absolute atomic E-state index is 12.0. The van der Waals surface area contributed by atoms with Crippen molar-refractivity contribution in [3.8, 4) is 0 Å². The summed E-state index contributed by atoms with van der Waals surface area (Å²) in [5, 5.41) is 22.6. The number of nitrogens with one attached hydrogen (secondary N) is 1. The quantitative estimate of drug-likeness (QED) is 0.555. The Morgan fingerprint density at radius 2 is 1.96 bits per heavy atom. The van der Waals surface area contributed by atoms with E-state index < -0.39 is 22.8 Å². The lowest BCUT2D eigenvalue weighted by molar-refractivity contribution is -0.384. The summed E-state index contributed by atoms with van der Waals surface area (Å²) in [6.45, 7) is 3.55. The van der Waals surface area contributed by atoms with Crippen LogP contribution in [0.25, 0.3) is 0 Å². The third-order valence-electron chi connectivity index (χ3n) is 3.21. The van der Waals surface area contributed by atoms with Crippen LogP contribution in [0.1, 0.15) is 20.3 Å². The molecule has 1 aromatic carbocycles. The number of nitrogens with zero attached hydrogens (tertiary/aromatic N) is 2. The van der Waals surface area contributed by atoms with Gasteiger partial charge in [0.05, 0.1) is 11.5 Å². The Balaban J connectivity index is 2.77. The summed E-state index contributed by atoms with van der Waals surface area (Å²) in [5.74, 6) is -1.48. The largest absolute Gasteiger partial charge is 0.480 e. The zero-order chi connectivity index (χ0) is 17.6. The molecule has 0 fully saturated rings. The van der Waals surface area contributed by atoms with Gasteiger partial charge in [0.1, 0.15) is 11.7 Å². The molecule has 1 atom stereocenters. The molecule has 23 heavy (non-hydrogen) atoms. The topological polar surface area (TPSA) is 113 Å². The van der Waals surface area contributed by atoms with Gasteiger partial charge in [-0.1, -0.05) is 26.0 Å². The van der Waals surface area contributed by atoms with Crippen LogP contribution in [0, 0.1) is 16.0 Å². The molecule has 2 N–H and O–H groups in total. The molecule has 0 aliphatic rings. The van der Waals surface area contributed by atoms with E-state index in [-0.39, 0.29) is 18.2 Å². The van der Waals surface area contributed by atoms with E-state index in [1.165, 1.54) is 17.0 Å². The van der Waals surface area contributed by atoms with Crippen molar-refractivity contribution in [3.63, 3.8) is 0 Å². The maximum atomic E-state index is 12.0. The lowest BCUT2D eigenvalue weighted by Crippen LogP contribution is -2.45. The molecule has 0 saturated heterocycles. The third-order valence-corrected chi connectivity index (χ3v) is 3.21. The number of hydrogen-bond acceptors (Lipinski definition) is 5. The molecule has 0 unspecified atom stereocenters. The second-order valence-corrected chi connectivity index (χ2v) is 5.69. The molecule has 126 valence electrons. The van der Waals surface area contributed by atoms with Gasteiger partial charge in [0.2, 0.25) is 5.91 Å². The second-order valence-electron chi connectivity index (χ2n) is 5.69. The van der Waals surface area contributed by atoms with Gasteiger partial charge in [-0.05, 0) is 18.4 Å². The van der Waals surface area contributed by atoms with Crippen molar-refractivity contribution < 1.29 is 19.6 Å². The monoisotopic (exact) mass is 323 g/mol. The molecule has 8 nitrogen and oxygen atoms in total. The highest BCUT2D eigenvalue weighted by molar-refractivity contribution is 5.87. The predicted molar refractivity (Wildman–Crippen MR) is 85.4 cm³/mol. The number of aliphatic carboxylic acids is 1. The maximum Gasteiger partial charge on any atom is 0.326 e. The van der Waals surface area contributed by atoms with E-state index in [4.69, 9.17) is 5.11 Å². The molecule has 1 rings (SSSR count). The van der Waals surface area contributed by atoms with Gasteiger partial charge in [-0.25, -0.2) is 4.79 Å². The minimum Gasteiger partial charge on any atom is -0.480 e. The molecule has 0 aromatic heterocycles. The van der Waals surface area contributed by atoms with Crippen molar-refractivity contribution in [2.45, 2.75) is 26.3 Å². The fourth-order valence-electron chi connectivity index (χ4n) is 2.17. The molecular weight excluding hydrogens is 302 g/mol. The molecule has 0 aliphatic carbocycles. The van der Waals surface area contributed by atoms with Crippen LogP contribution in [0.15, 0.2) is 24.3 Å². The van der Waals surface area contributed by atoms with E-state index in [1.54, 1.807) is 19.2 Å². The summed E-state index contributed by atoms with van der Waals surface area (Å²) in [6, 6.07) is 5.09. The molecule has 1 aromatic rings. The number of nitro benzene ring substituents is 1. The number of carbonyl (C=O) groups is 2. The Morgan fingerprint density at radius 1 is 1.35 bits per heavy atom. The van der Waals surface area contributed by atoms with Crippen LogP contribution >= 0.6 is 0 Å². The molecular formula is C15H21N3O5. The van der Waals surface area contributed by atoms with E-state index in [1.807, 2.05) is 13.8 Å². The van der Waals surface area contributed by atoms with Gasteiger partial charge in [-0.15, -0.1) is 0 Å². The summed E-state index contributed by atoms with van der Waals surface area (Å²) in [5.41, 5.74) is 0.183. The van der Waals surface area contributed by atoms with Crippen molar-refractivity contribution in [3.05, 3.63) is 34.4 Å². The highest BCUT2D eigenvalue weighted by Gasteiger charge is 2.23. The molecule has 0 aliphatic heterocycles. The van der Waals surface area contributed by atoms with E-state index in [2.05, 4.69) is 5.32 Å². The number of carboxylic acids is 1. The van der Waals surface area contributed by atoms with Crippen molar-refractivity contribution >= 4 is 23.3 Å². The molecule has 0 bridgehead atoms. The number of likely N-dealkylation sites (N-methyl/N-ethyl adjacent to an activating group) is 1. The van der Waals surface area contributed by atoms with Crippen molar-refractivity contribution in [1.29, 1.82) is 0 Å². The third kappa shape index (κ3) is 5.57. The summed E-state index contributed by atoms with van der Waals surface area (Å²) in [7, 11) is 1.54. The second kappa shape index (κ2) is 8.11. The van der Waals surface area contributed by atoms with Crippen LogP contribution in [0.2, 0.25) is 0 Å². The van der Waals surface area contributed by atoms with Gasteiger partial charge in [0, 0.05) is 13.1 Å². The number of rotatable bonds is 8. The summed E-state index contributed by atoms with van der Waals surface area (Å²) < 4.78 is 0. The molecule has 0 spiro atoms. The Labute approximate surface area is 134 Å². The van der Waals surface area contributed by atoms with Crippen LogP contribution in [0.5, 0.6) is 0 Å². The van der Waals surface area contributed by atoms with Gasteiger partial charge in [0.25, 0.3) is 5.69 Å². The van der Waals surface area contributed by atoms with Crippen LogP contribution < -0.4 is 10.2 Å². The first-order valence-electron chi connectivity index (χ1n) is 7.19. The first-order valence-corrected chi connectivity index (χ1v) is 7.19. The Hall–Kier alpha value is -2.64. The average Bonchev–Trinajstić information content (AvgIpc) is 2.45. The number of carbonyl (C=O) groups excluding carboxylic acids is 1. The number of para-hydroxylation sites is 2. The Kier molecular flexibility index (Phi) is 6.49. The summed E-state index contributed by atoms with van der Waals surface area (Å²) >= 11 is 0. The minimum absolute atomic E-state index is 0.111. The number of hydrogen-bond donors (Lipinski definition) is 2. The fraction of sp³-hybridized carbons (Fsp3) is 0.467. The number of amides is 1. The lowest BCUT2D eigenvalue weighted by atomic mass is 10.0. The van der Waals surface area contributed by atoms with E-state index in [0.29, 0.717) is 12.1 Å². The highest BCUT2D eigenvalue weighted by atomic mass is 16.6. The summed E-state index contributed by atoms with van der Waals surface area (Å²) in [6.07, 6.45) is 0.316. The van der Waals surface area contributed by atoms with Crippen LogP contribution in [-0.2, 0) is 9.59 Å². The zero-order valence-electron chi connectivity index (χ0n) is 13.4. The van der Waals surface area contributed by atoms with Crippen molar-refractivity contribution in [1.82, 2.24) is 5.32 Å². The molecule has 0 radical (unpaired) electrons. The fourth-order valence-corrected chi connectivity index (χ4v) is 2.17. The normalized spacial score (nSPS) is 11.8. The molecule has 8 heteroatoms. The number of anilines is 1. The van der Waals surface area contributed by atoms with Crippen LogP contribution in [0.4, 0.5) is 11.4 Å². The average molecular weight is 323 g/mol. The lowest BCUT2D eigenvalue weighted by Gasteiger charge is -2.21. The summed E-state index contributed by atoms with van der Waals surface area (Å²) in [4.78, 5) is 35.1. The number of nitro groups is 1. The van der Waals surface area contributed by atoms with Gasteiger partial charge in [0.15, 0.2) is 0 Å². The Bertz CT molecular complexity index is 588. The van der Waals surface area contributed by atoms with Crippen LogP contribution in [0.3, 0.4) is 0 Å². The number of benzene rings is 1. The number of carboxylic acid groups (broad SMARTS) is 1. The Morgan fingerprint density at radius 3 is 2.48 bits per heavy atom. The van der Waals surface area contributed by atoms with Crippen molar-refractivity contribution in [2.75, 3.05) is 18.5 Å². The van der Waals surface area contributed by atoms with Crippen molar-refractivity contribution in [2.24, 2.45) is 5.92 Å². The minimum atomic E-state index is -1.10.